The summed E-state index contributed by atoms with van der Waals surface area (Å²) in [6.07, 6.45) is 2.66. The van der Waals surface area contributed by atoms with E-state index >= 15 is 0 Å². The van der Waals surface area contributed by atoms with Gasteiger partial charge in [0.1, 0.15) is 0 Å². The van der Waals surface area contributed by atoms with Crippen LogP contribution in [0.25, 0.3) is 0 Å². The molecule has 0 aromatic rings. The molecule has 1 nitrogen and oxygen atoms in total. The Hall–Kier alpha value is 1.12. The van der Waals surface area contributed by atoms with Crippen LogP contribution in [0.4, 0.5) is 0 Å². The predicted molar refractivity (Wildman–Crippen MR) is 82.0 cm³/mol. The number of allylic oxidation sites excluding steroid dienone is 4. The van der Waals surface area contributed by atoms with Crippen LogP contribution >= 0.6 is 0 Å². The van der Waals surface area contributed by atoms with E-state index in [1.165, 1.54) is 19.4 Å². The molecule has 1 rings (SSSR count). The molecular formula is C15H30Cl2NSiZr. The minimum Gasteiger partial charge on any atom is -1.00 e. The van der Waals surface area contributed by atoms with Gasteiger partial charge in [0.15, 0.2) is 0 Å². The quantitative estimate of drug-likeness (QED) is 0.398. The molecular weight excluding hydrogens is 384 g/mol. The molecule has 117 valence electrons. The van der Waals surface area contributed by atoms with Crippen LogP contribution in [0.1, 0.15) is 47.5 Å². The summed E-state index contributed by atoms with van der Waals surface area (Å²) in [6.45, 7) is 18.1. The summed E-state index contributed by atoms with van der Waals surface area (Å²) >= 11 is -1.50. The third kappa shape index (κ3) is 5.39. The Labute approximate surface area is 147 Å². The van der Waals surface area contributed by atoms with Gasteiger partial charge in [-0.2, -0.15) is 0 Å². The van der Waals surface area contributed by atoms with Gasteiger partial charge in [-0.3, -0.25) is 0 Å². The van der Waals surface area contributed by atoms with E-state index in [4.69, 9.17) is 0 Å². The van der Waals surface area contributed by atoms with Crippen molar-refractivity contribution in [3.05, 3.63) is 20.0 Å². The molecule has 0 saturated carbocycles. The zero-order valence-corrected chi connectivity index (χ0v) is 19.2. The number of halogens is 2. The first-order valence-electron chi connectivity index (χ1n) is 7.41. The van der Waals surface area contributed by atoms with Crippen molar-refractivity contribution in [1.82, 2.24) is 3.26 Å². The Kier molecular flexibility index (Phi) is 12.6. The fourth-order valence-corrected chi connectivity index (χ4v) is 19.7. The van der Waals surface area contributed by atoms with Crippen molar-refractivity contribution in [3.63, 3.8) is 0 Å². The molecule has 20 heavy (non-hydrogen) atoms. The number of unbranched alkanes of at least 4 members (excludes halogenated alkanes) is 1. The van der Waals surface area contributed by atoms with Gasteiger partial charge in [-0.05, 0) is 0 Å². The van der Waals surface area contributed by atoms with E-state index in [9.17, 15) is 0 Å². The first-order chi connectivity index (χ1) is 8.41. The van der Waals surface area contributed by atoms with E-state index < -0.39 is 27.1 Å². The Morgan fingerprint density at radius 3 is 2.00 bits per heavy atom. The molecule has 0 heterocycles. The van der Waals surface area contributed by atoms with Crippen molar-refractivity contribution in [2.45, 2.75) is 60.6 Å². The molecule has 0 aromatic carbocycles. The maximum atomic E-state index is 4.04. The molecule has 0 amide bonds. The summed E-state index contributed by atoms with van der Waals surface area (Å²) in [6, 6.07) is 0. The Bertz CT molecular complexity index is 367. The van der Waals surface area contributed by atoms with Gasteiger partial charge in [0.25, 0.3) is 0 Å². The number of nitrogens with one attached hydrogen (secondary N) is 1. The van der Waals surface area contributed by atoms with Crippen molar-refractivity contribution in [2.24, 2.45) is 5.92 Å². The number of hydrogen-bond acceptors (Lipinski definition) is 1. The summed E-state index contributed by atoms with van der Waals surface area (Å²) in [7, 11) is 0. The van der Waals surface area contributed by atoms with Crippen LogP contribution in [-0.4, -0.2) is 12.5 Å². The van der Waals surface area contributed by atoms with Gasteiger partial charge >= 0.3 is 123 Å². The summed E-state index contributed by atoms with van der Waals surface area (Å²) in [5.74, 6) is 0.228. The monoisotopic (exact) mass is 412 g/mol. The van der Waals surface area contributed by atoms with E-state index in [0.29, 0.717) is 0 Å². The second kappa shape index (κ2) is 10.8. The SMILES string of the molecule is CCCC[NH][Zr+2]([C]1=C(C)C(C)=C(C)C1C)[SiH](C)C.[Cl-].[Cl-]. The van der Waals surface area contributed by atoms with E-state index in [1.54, 1.807) is 16.7 Å². The summed E-state index contributed by atoms with van der Waals surface area (Å²) in [4.78, 5) is 0. The Balaban J connectivity index is 0. The molecule has 5 heteroatoms. The maximum Gasteiger partial charge on any atom is -1.00 e. The van der Waals surface area contributed by atoms with Gasteiger partial charge < -0.3 is 24.8 Å². The molecule has 1 N–H and O–H groups in total. The standard InChI is InChI=1S/C9H13.C4H10N.C2H7Si.2ClH.Zr/c1-6-5-7(2)9(4)8(6)3;1-2-3-4-5;1-3-2;;;/h6H,1-4H3;5H,2-4H2,1H3;3H,1-2H3;2*1H;/q;-1;;;;+3/p-2. The predicted octanol–water partition coefficient (Wildman–Crippen LogP) is -1.84. The normalized spacial score (nSPS) is 18.3. The minimum atomic E-state index is -1.50. The average molecular weight is 415 g/mol. The molecule has 0 radical (unpaired) electrons. The summed E-state index contributed by atoms with van der Waals surface area (Å²) in [5, 5.41) is 0. The van der Waals surface area contributed by atoms with E-state index in [-0.39, 0.29) is 24.8 Å². The zero-order valence-electron chi connectivity index (χ0n) is 14.0. The molecule has 1 aliphatic rings. The Morgan fingerprint density at radius 2 is 1.65 bits per heavy atom. The first kappa shape index (κ1) is 23.4. The van der Waals surface area contributed by atoms with Crippen molar-refractivity contribution < 1.29 is 46.0 Å². The van der Waals surface area contributed by atoms with Crippen LogP contribution in [0.5, 0.6) is 0 Å². The minimum absolute atomic E-state index is 0. The van der Waals surface area contributed by atoms with Crippen molar-refractivity contribution in [1.29, 1.82) is 0 Å². The Morgan fingerprint density at radius 1 is 1.10 bits per heavy atom. The van der Waals surface area contributed by atoms with Crippen molar-refractivity contribution in [3.8, 4) is 0 Å². The molecule has 0 aromatic heterocycles. The zero-order chi connectivity index (χ0) is 13.9. The second-order valence-corrected chi connectivity index (χ2v) is 24.4. The van der Waals surface area contributed by atoms with Gasteiger partial charge in [-0.1, -0.05) is 0 Å². The molecule has 1 unspecified atom stereocenters. The molecule has 0 bridgehead atoms. The second-order valence-electron chi connectivity index (χ2n) is 5.92. The fourth-order valence-electron chi connectivity index (χ4n) is 2.81. The van der Waals surface area contributed by atoms with Crippen molar-refractivity contribution >= 4 is 5.92 Å². The third-order valence-electron chi connectivity index (χ3n) is 4.35. The van der Waals surface area contributed by atoms with Gasteiger partial charge in [0, 0.05) is 0 Å². The molecule has 0 spiro atoms. The van der Waals surface area contributed by atoms with Crippen LogP contribution in [0.3, 0.4) is 0 Å². The molecule has 0 saturated heterocycles. The summed E-state index contributed by atoms with van der Waals surface area (Å²) < 4.78 is 5.93. The molecule has 0 fully saturated rings. The van der Waals surface area contributed by atoms with Crippen LogP contribution in [-0.2, 0) is 21.2 Å². The van der Waals surface area contributed by atoms with Gasteiger partial charge in [-0.15, -0.1) is 0 Å². The molecule has 1 atom stereocenters. The van der Waals surface area contributed by atoms with Crippen LogP contribution in [0.15, 0.2) is 20.0 Å². The van der Waals surface area contributed by atoms with Crippen molar-refractivity contribution in [2.75, 3.05) is 6.54 Å². The van der Waals surface area contributed by atoms with Crippen LogP contribution in [0, 0.1) is 5.92 Å². The third-order valence-corrected chi connectivity index (χ3v) is 22.0. The molecule has 0 aliphatic heterocycles. The average Bonchev–Trinajstić information content (AvgIpc) is 2.51. The topological polar surface area (TPSA) is 12.0 Å². The van der Waals surface area contributed by atoms with Gasteiger partial charge in [0.2, 0.25) is 0 Å². The van der Waals surface area contributed by atoms with E-state index in [0.717, 1.165) is 5.92 Å². The molecule has 1 aliphatic carbocycles. The summed E-state index contributed by atoms with van der Waals surface area (Å²) in [5.41, 5.74) is 4.87. The van der Waals surface area contributed by atoms with E-state index in [2.05, 4.69) is 51.0 Å². The smallest absolute Gasteiger partial charge is 1.00 e. The van der Waals surface area contributed by atoms with Crippen LogP contribution in [0.2, 0.25) is 13.1 Å². The van der Waals surface area contributed by atoms with Gasteiger partial charge in [0.05, 0.1) is 0 Å². The maximum absolute atomic E-state index is 4.04. The first-order valence-corrected chi connectivity index (χ1v) is 17.0. The van der Waals surface area contributed by atoms with Gasteiger partial charge in [-0.25, -0.2) is 0 Å². The number of rotatable bonds is 6. The number of hydrogen-bond donors (Lipinski definition) is 1. The fraction of sp³-hybridized carbons (Fsp3) is 0.733. The van der Waals surface area contributed by atoms with E-state index in [1.807, 2.05) is 3.28 Å². The largest absolute Gasteiger partial charge is 1.00 e. The van der Waals surface area contributed by atoms with Crippen LogP contribution < -0.4 is 28.1 Å².